The normalized spacial score (nSPS) is 14.0. The van der Waals surface area contributed by atoms with Crippen molar-refractivity contribution in [2.75, 3.05) is 6.54 Å². The van der Waals surface area contributed by atoms with Gasteiger partial charge in [0.15, 0.2) is 5.65 Å². The van der Waals surface area contributed by atoms with Gasteiger partial charge in [-0.05, 0) is 54.2 Å². The van der Waals surface area contributed by atoms with E-state index < -0.39 is 0 Å². The second-order valence-corrected chi connectivity index (χ2v) is 10.1. The van der Waals surface area contributed by atoms with Crippen LogP contribution in [0.15, 0.2) is 30.9 Å². The van der Waals surface area contributed by atoms with Crippen molar-refractivity contribution in [1.82, 2.24) is 29.9 Å². The number of H-pyrrole nitrogens is 1. The molecule has 0 unspecified atom stereocenters. The average Bonchev–Trinajstić information content (AvgIpc) is 3.49. The van der Waals surface area contributed by atoms with Crippen LogP contribution >= 0.6 is 11.3 Å². The molecule has 0 bridgehead atoms. The first-order valence-electron chi connectivity index (χ1n) is 11.2. The Balaban J connectivity index is 1.51. The predicted molar refractivity (Wildman–Crippen MR) is 130 cm³/mol. The monoisotopic (exact) mass is 442 g/mol. The van der Waals surface area contributed by atoms with Gasteiger partial charge in [-0.3, -0.25) is 4.98 Å². The van der Waals surface area contributed by atoms with E-state index in [1.54, 1.807) is 6.33 Å². The number of rotatable bonds is 3. The maximum absolute atomic E-state index is 4.76. The molecule has 0 atom stereocenters. The van der Waals surface area contributed by atoms with Gasteiger partial charge in [0, 0.05) is 53.6 Å². The minimum atomic E-state index is 0.391. The molecular weight excluding hydrogens is 416 g/mol. The molecule has 32 heavy (non-hydrogen) atoms. The Bertz CT molecular complexity index is 1490. The molecule has 0 amide bonds. The number of thiophene rings is 1. The van der Waals surface area contributed by atoms with E-state index in [-0.39, 0.29) is 0 Å². The summed E-state index contributed by atoms with van der Waals surface area (Å²) in [6.07, 6.45) is 6.78. The van der Waals surface area contributed by atoms with Crippen molar-refractivity contribution in [2.24, 2.45) is 0 Å². The Morgan fingerprint density at radius 1 is 1.12 bits per heavy atom. The lowest BCUT2D eigenvalue weighted by Crippen LogP contribution is -2.24. The fourth-order valence-corrected chi connectivity index (χ4v) is 6.13. The molecule has 6 heterocycles. The first-order valence-corrected chi connectivity index (χ1v) is 12.0. The molecule has 1 aliphatic heterocycles. The van der Waals surface area contributed by atoms with Crippen LogP contribution < -0.4 is 5.32 Å². The number of fused-ring (bicyclic) bond motifs is 3. The van der Waals surface area contributed by atoms with Crippen LogP contribution in [0.2, 0.25) is 0 Å². The minimum absolute atomic E-state index is 0.391. The predicted octanol–water partition coefficient (Wildman–Crippen LogP) is 5.39. The van der Waals surface area contributed by atoms with Gasteiger partial charge in [-0.1, -0.05) is 13.8 Å². The molecule has 0 saturated carbocycles. The third-order valence-corrected chi connectivity index (χ3v) is 7.89. The molecule has 5 aromatic rings. The number of hydrogen-bond donors (Lipinski definition) is 2. The quantitative estimate of drug-likeness (QED) is 0.393. The molecule has 0 fully saturated rings. The largest absolute Gasteiger partial charge is 0.354 e. The van der Waals surface area contributed by atoms with E-state index in [0.29, 0.717) is 5.92 Å². The van der Waals surface area contributed by atoms with Crippen LogP contribution in [0.4, 0.5) is 0 Å². The number of aromatic amines is 1. The Kier molecular flexibility index (Phi) is 4.45. The first-order chi connectivity index (χ1) is 15.5. The average molecular weight is 443 g/mol. The van der Waals surface area contributed by atoms with Crippen LogP contribution in [-0.4, -0.2) is 31.1 Å². The highest BCUT2D eigenvalue weighted by atomic mass is 32.1. The molecule has 0 radical (unpaired) electrons. The lowest BCUT2D eigenvalue weighted by molar-refractivity contribution is 0.630. The van der Waals surface area contributed by atoms with E-state index in [1.165, 1.54) is 59.9 Å². The van der Waals surface area contributed by atoms with Crippen molar-refractivity contribution >= 4 is 27.2 Å². The SMILES string of the molecule is Cc1c(-c2[nH]c3cc(-c4cnc5c(c4)CNCC5)sc3c2C(C)C)cn2ncnc2c1C. The van der Waals surface area contributed by atoms with E-state index in [1.807, 2.05) is 22.0 Å². The number of nitrogens with zero attached hydrogens (tertiary/aromatic N) is 4. The Morgan fingerprint density at radius 2 is 2.00 bits per heavy atom. The van der Waals surface area contributed by atoms with Crippen LogP contribution in [0, 0.1) is 13.8 Å². The van der Waals surface area contributed by atoms with Crippen LogP contribution in [0.25, 0.3) is 37.6 Å². The van der Waals surface area contributed by atoms with Crippen molar-refractivity contribution in [3.05, 3.63) is 58.8 Å². The van der Waals surface area contributed by atoms with Gasteiger partial charge >= 0.3 is 0 Å². The molecule has 0 spiro atoms. The minimum Gasteiger partial charge on any atom is -0.354 e. The summed E-state index contributed by atoms with van der Waals surface area (Å²) in [5.74, 6) is 0.391. The topological polar surface area (TPSA) is 70.9 Å². The molecule has 5 aromatic heterocycles. The van der Waals surface area contributed by atoms with E-state index in [9.17, 15) is 0 Å². The van der Waals surface area contributed by atoms with E-state index in [0.717, 1.165) is 25.2 Å². The molecule has 1 aliphatic rings. The van der Waals surface area contributed by atoms with E-state index >= 15 is 0 Å². The summed E-state index contributed by atoms with van der Waals surface area (Å²) in [6, 6.07) is 4.59. The highest BCUT2D eigenvalue weighted by Gasteiger charge is 2.22. The van der Waals surface area contributed by atoms with Crippen molar-refractivity contribution in [1.29, 1.82) is 0 Å². The maximum Gasteiger partial charge on any atom is 0.158 e. The summed E-state index contributed by atoms with van der Waals surface area (Å²) in [7, 11) is 0. The van der Waals surface area contributed by atoms with Crippen molar-refractivity contribution < 1.29 is 0 Å². The lowest BCUT2D eigenvalue weighted by Gasteiger charge is -2.16. The molecule has 7 heteroatoms. The smallest absolute Gasteiger partial charge is 0.158 e. The molecule has 0 saturated heterocycles. The zero-order valence-corrected chi connectivity index (χ0v) is 19.6. The lowest BCUT2D eigenvalue weighted by atomic mass is 9.96. The summed E-state index contributed by atoms with van der Waals surface area (Å²) < 4.78 is 3.21. The Labute approximate surface area is 190 Å². The Morgan fingerprint density at radius 3 is 2.84 bits per heavy atom. The molecule has 0 aliphatic carbocycles. The molecule has 2 N–H and O–H groups in total. The second kappa shape index (κ2) is 7.25. The van der Waals surface area contributed by atoms with Crippen LogP contribution in [0.1, 0.15) is 47.7 Å². The molecule has 6 nitrogen and oxygen atoms in total. The summed E-state index contributed by atoms with van der Waals surface area (Å²) >= 11 is 1.86. The molecule has 0 aromatic carbocycles. The fourth-order valence-electron chi connectivity index (χ4n) is 4.84. The summed E-state index contributed by atoms with van der Waals surface area (Å²) in [6.45, 7) is 10.8. The molecule has 162 valence electrons. The van der Waals surface area contributed by atoms with Crippen molar-refractivity contribution in [2.45, 2.75) is 46.6 Å². The van der Waals surface area contributed by atoms with Gasteiger partial charge in [-0.2, -0.15) is 5.10 Å². The Hall–Kier alpha value is -3.03. The van der Waals surface area contributed by atoms with Gasteiger partial charge in [0.2, 0.25) is 0 Å². The van der Waals surface area contributed by atoms with Gasteiger partial charge < -0.3 is 10.3 Å². The second-order valence-electron chi connectivity index (χ2n) is 9.00. The standard InChI is InChI=1S/C25H26N6S/c1-13(2)22-23(18-11-31-25(28-12-29-31)15(4)14(18)3)30-20-8-21(32-24(20)22)17-7-16-9-26-6-5-19(16)27-10-17/h7-8,10-13,26,30H,5-6,9H2,1-4H3. The molecule has 6 rings (SSSR count). The number of hydrogen-bond acceptors (Lipinski definition) is 5. The first kappa shape index (κ1) is 19.6. The zero-order chi connectivity index (χ0) is 22.0. The summed E-state index contributed by atoms with van der Waals surface area (Å²) in [5, 5.41) is 7.85. The number of pyridine rings is 2. The van der Waals surface area contributed by atoms with E-state index in [4.69, 9.17) is 4.98 Å². The van der Waals surface area contributed by atoms with Crippen molar-refractivity contribution in [3.8, 4) is 21.7 Å². The van der Waals surface area contributed by atoms with E-state index in [2.05, 4.69) is 66.4 Å². The van der Waals surface area contributed by atoms with Crippen LogP contribution in [-0.2, 0) is 13.0 Å². The van der Waals surface area contributed by atoms with Gasteiger partial charge in [-0.15, -0.1) is 11.3 Å². The number of aryl methyl sites for hydroxylation is 1. The third-order valence-electron chi connectivity index (χ3n) is 6.68. The molecular formula is C25H26N6S. The van der Waals surface area contributed by atoms with Gasteiger partial charge in [-0.25, -0.2) is 9.50 Å². The highest BCUT2D eigenvalue weighted by Crippen LogP contribution is 2.43. The van der Waals surface area contributed by atoms with Crippen LogP contribution in [0.5, 0.6) is 0 Å². The number of nitrogens with one attached hydrogen (secondary N) is 2. The summed E-state index contributed by atoms with van der Waals surface area (Å²) in [4.78, 5) is 14.2. The van der Waals surface area contributed by atoms with Gasteiger partial charge in [0.25, 0.3) is 0 Å². The summed E-state index contributed by atoms with van der Waals surface area (Å²) in [5.41, 5.74) is 12.0. The number of aromatic nitrogens is 5. The van der Waals surface area contributed by atoms with Crippen LogP contribution in [0.3, 0.4) is 0 Å². The highest BCUT2D eigenvalue weighted by molar-refractivity contribution is 7.22. The van der Waals surface area contributed by atoms with Gasteiger partial charge in [0.05, 0.1) is 15.9 Å². The zero-order valence-electron chi connectivity index (χ0n) is 18.8. The maximum atomic E-state index is 4.76. The van der Waals surface area contributed by atoms with Crippen molar-refractivity contribution in [3.63, 3.8) is 0 Å². The fraction of sp³-hybridized carbons (Fsp3) is 0.320. The van der Waals surface area contributed by atoms with Gasteiger partial charge in [0.1, 0.15) is 6.33 Å². The third kappa shape index (κ3) is 2.92.